The second kappa shape index (κ2) is 9.58. The standard InChI is InChI=1S/C22H24N4O3S/c1-27-17-10-6-15(7-11-17)21-25-20(29-26-21)14-23-22(30)24-16-8-12-19(13-9-16)28-18-4-2-3-5-18/h6-13,18H,2-5,14H2,1H3,(H2,23,24,30). The minimum absolute atomic E-state index is 0.331. The molecule has 0 bridgehead atoms. The highest BCUT2D eigenvalue weighted by atomic mass is 32.1. The fourth-order valence-corrected chi connectivity index (χ4v) is 3.52. The highest BCUT2D eigenvalue weighted by molar-refractivity contribution is 7.80. The van der Waals surface area contributed by atoms with E-state index in [1.165, 1.54) is 12.8 Å². The Balaban J connectivity index is 1.26. The predicted octanol–water partition coefficient (Wildman–Crippen LogP) is 4.55. The number of nitrogens with one attached hydrogen (secondary N) is 2. The van der Waals surface area contributed by atoms with Crippen LogP contribution in [0.5, 0.6) is 11.5 Å². The van der Waals surface area contributed by atoms with Crippen molar-refractivity contribution >= 4 is 23.0 Å². The SMILES string of the molecule is COc1ccc(-c2noc(CNC(=S)Nc3ccc(OC4CCCC4)cc3)n2)cc1. The van der Waals surface area contributed by atoms with Gasteiger partial charge in [-0.3, -0.25) is 0 Å². The second-order valence-corrected chi connectivity index (χ2v) is 7.50. The molecule has 0 atom stereocenters. The summed E-state index contributed by atoms with van der Waals surface area (Å²) in [5.74, 6) is 2.64. The molecular weight excluding hydrogens is 400 g/mol. The molecule has 1 aliphatic carbocycles. The maximum atomic E-state index is 5.98. The van der Waals surface area contributed by atoms with Crippen LogP contribution in [0.3, 0.4) is 0 Å². The summed E-state index contributed by atoms with van der Waals surface area (Å²) < 4.78 is 16.4. The number of aromatic nitrogens is 2. The lowest BCUT2D eigenvalue weighted by atomic mass is 10.2. The van der Waals surface area contributed by atoms with Gasteiger partial charge in [-0.25, -0.2) is 0 Å². The van der Waals surface area contributed by atoms with Crippen LogP contribution in [0, 0.1) is 0 Å². The summed E-state index contributed by atoms with van der Waals surface area (Å²) in [5, 5.41) is 10.7. The Labute approximate surface area is 180 Å². The second-order valence-electron chi connectivity index (χ2n) is 7.10. The molecule has 0 aliphatic heterocycles. The molecule has 0 unspecified atom stereocenters. The van der Waals surface area contributed by atoms with Gasteiger partial charge in [0.25, 0.3) is 0 Å². The van der Waals surface area contributed by atoms with E-state index in [-0.39, 0.29) is 0 Å². The van der Waals surface area contributed by atoms with Crippen molar-refractivity contribution in [3.05, 3.63) is 54.4 Å². The molecule has 156 valence electrons. The molecule has 0 spiro atoms. The fourth-order valence-electron chi connectivity index (χ4n) is 3.33. The molecular formula is C22H24N4O3S. The quantitative estimate of drug-likeness (QED) is 0.535. The number of hydrogen-bond donors (Lipinski definition) is 2. The fraction of sp³-hybridized carbons (Fsp3) is 0.318. The van der Waals surface area contributed by atoms with Crippen molar-refractivity contribution in [2.75, 3.05) is 12.4 Å². The van der Waals surface area contributed by atoms with Gasteiger partial charge in [-0.15, -0.1) is 0 Å². The lowest BCUT2D eigenvalue weighted by Crippen LogP contribution is -2.28. The van der Waals surface area contributed by atoms with E-state index in [4.69, 9.17) is 26.2 Å². The number of rotatable bonds is 7. The molecule has 1 aliphatic rings. The van der Waals surface area contributed by atoms with Crippen LogP contribution >= 0.6 is 12.2 Å². The van der Waals surface area contributed by atoms with Crippen molar-refractivity contribution in [1.29, 1.82) is 0 Å². The maximum Gasteiger partial charge on any atom is 0.246 e. The van der Waals surface area contributed by atoms with E-state index in [2.05, 4.69) is 20.8 Å². The Hall–Kier alpha value is -3.13. The smallest absolute Gasteiger partial charge is 0.246 e. The molecule has 3 aromatic rings. The van der Waals surface area contributed by atoms with Gasteiger partial charge in [-0.1, -0.05) is 5.16 Å². The van der Waals surface area contributed by atoms with Crippen LogP contribution in [-0.4, -0.2) is 28.5 Å². The molecule has 7 nitrogen and oxygen atoms in total. The summed E-state index contributed by atoms with van der Waals surface area (Å²) in [7, 11) is 1.63. The largest absolute Gasteiger partial charge is 0.497 e. The Kier molecular flexibility index (Phi) is 6.44. The van der Waals surface area contributed by atoms with E-state index >= 15 is 0 Å². The molecule has 0 radical (unpaired) electrons. The lowest BCUT2D eigenvalue weighted by Gasteiger charge is -2.14. The molecule has 1 heterocycles. The minimum Gasteiger partial charge on any atom is -0.497 e. The molecule has 1 saturated carbocycles. The first-order valence-corrected chi connectivity index (χ1v) is 10.4. The third kappa shape index (κ3) is 5.27. The van der Waals surface area contributed by atoms with Crippen molar-refractivity contribution in [1.82, 2.24) is 15.5 Å². The van der Waals surface area contributed by atoms with E-state index in [0.29, 0.717) is 29.5 Å². The molecule has 8 heteroatoms. The molecule has 0 amide bonds. The monoisotopic (exact) mass is 424 g/mol. The summed E-state index contributed by atoms with van der Waals surface area (Å²) in [6, 6.07) is 15.3. The average Bonchev–Trinajstić information content (AvgIpc) is 3.46. The van der Waals surface area contributed by atoms with Crippen molar-refractivity contribution in [3.63, 3.8) is 0 Å². The van der Waals surface area contributed by atoms with Crippen molar-refractivity contribution < 1.29 is 14.0 Å². The van der Waals surface area contributed by atoms with E-state index in [0.717, 1.165) is 35.6 Å². The average molecular weight is 425 g/mol. The van der Waals surface area contributed by atoms with Gasteiger partial charge in [0.1, 0.15) is 11.5 Å². The van der Waals surface area contributed by atoms with Gasteiger partial charge in [-0.2, -0.15) is 4.98 Å². The van der Waals surface area contributed by atoms with E-state index in [1.54, 1.807) is 7.11 Å². The number of anilines is 1. The molecule has 30 heavy (non-hydrogen) atoms. The van der Waals surface area contributed by atoms with Gasteiger partial charge in [0.2, 0.25) is 11.7 Å². The van der Waals surface area contributed by atoms with Crippen LogP contribution in [0.25, 0.3) is 11.4 Å². The summed E-state index contributed by atoms with van der Waals surface area (Å²) >= 11 is 5.35. The van der Waals surface area contributed by atoms with Crippen LogP contribution in [0.2, 0.25) is 0 Å². The number of methoxy groups -OCH3 is 1. The zero-order chi connectivity index (χ0) is 20.8. The molecule has 1 fully saturated rings. The molecule has 0 saturated heterocycles. The first-order chi connectivity index (χ1) is 14.7. The lowest BCUT2D eigenvalue weighted by molar-refractivity contribution is 0.210. The normalized spacial score (nSPS) is 13.8. The van der Waals surface area contributed by atoms with Gasteiger partial charge < -0.3 is 24.6 Å². The summed E-state index contributed by atoms with van der Waals surface area (Å²) in [4.78, 5) is 4.39. The van der Waals surface area contributed by atoms with Crippen molar-refractivity contribution in [2.24, 2.45) is 0 Å². The Bertz CT molecular complexity index is 967. The summed E-state index contributed by atoms with van der Waals surface area (Å²) in [6.07, 6.45) is 5.15. The first kappa shape index (κ1) is 20.2. The number of hydrogen-bond acceptors (Lipinski definition) is 6. The van der Waals surface area contributed by atoms with Gasteiger partial charge in [0.15, 0.2) is 5.11 Å². The maximum absolute atomic E-state index is 5.98. The zero-order valence-corrected chi connectivity index (χ0v) is 17.6. The van der Waals surface area contributed by atoms with Crippen LogP contribution < -0.4 is 20.1 Å². The van der Waals surface area contributed by atoms with Crippen LogP contribution in [0.15, 0.2) is 53.1 Å². The van der Waals surface area contributed by atoms with Crippen LogP contribution in [0.1, 0.15) is 31.6 Å². The third-order valence-corrected chi connectivity index (χ3v) is 5.18. The van der Waals surface area contributed by atoms with Gasteiger partial charge in [0, 0.05) is 11.3 Å². The number of ether oxygens (including phenoxy) is 2. The third-order valence-electron chi connectivity index (χ3n) is 4.93. The molecule has 4 rings (SSSR count). The highest BCUT2D eigenvalue weighted by Crippen LogP contribution is 2.25. The molecule has 2 aromatic carbocycles. The first-order valence-electron chi connectivity index (χ1n) is 9.98. The van der Waals surface area contributed by atoms with Crippen molar-refractivity contribution in [3.8, 4) is 22.9 Å². The minimum atomic E-state index is 0.331. The van der Waals surface area contributed by atoms with Crippen LogP contribution in [0.4, 0.5) is 5.69 Å². The molecule has 2 N–H and O–H groups in total. The summed E-state index contributed by atoms with van der Waals surface area (Å²) in [5.41, 5.74) is 1.74. The molecule has 1 aromatic heterocycles. The van der Waals surface area contributed by atoms with E-state index in [1.807, 2.05) is 48.5 Å². The number of benzene rings is 2. The van der Waals surface area contributed by atoms with Gasteiger partial charge in [0.05, 0.1) is 19.8 Å². The van der Waals surface area contributed by atoms with Crippen LogP contribution in [-0.2, 0) is 6.54 Å². The van der Waals surface area contributed by atoms with E-state index in [9.17, 15) is 0 Å². The summed E-state index contributed by atoms with van der Waals surface area (Å²) in [6.45, 7) is 0.331. The Morgan fingerprint density at radius 1 is 1.07 bits per heavy atom. The highest BCUT2D eigenvalue weighted by Gasteiger charge is 2.16. The topological polar surface area (TPSA) is 81.4 Å². The van der Waals surface area contributed by atoms with E-state index < -0.39 is 0 Å². The van der Waals surface area contributed by atoms with Gasteiger partial charge >= 0.3 is 0 Å². The Morgan fingerprint density at radius 3 is 2.47 bits per heavy atom. The Morgan fingerprint density at radius 2 is 1.77 bits per heavy atom. The number of thiocarbonyl (C=S) groups is 1. The van der Waals surface area contributed by atoms with Crippen molar-refractivity contribution in [2.45, 2.75) is 38.3 Å². The number of nitrogens with zero attached hydrogens (tertiary/aromatic N) is 2. The van der Waals surface area contributed by atoms with Gasteiger partial charge in [-0.05, 0) is 86.4 Å². The predicted molar refractivity (Wildman–Crippen MR) is 119 cm³/mol. The zero-order valence-electron chi connectivity index (χ0n) is 16.8.